The van der Waals surface area contributed by atoms with E-state index < -0.39 is 11.9 Å². The summed E-state index contributed by atoms with van der Waals surface area (Å²) in [6, 6.07) is 6.37. The zero-order valence-corrected chi connectivity index (χ0v) is 12.8. The monoisotopic (exact) mass is 316 g/mol. The first kappa shape index (κ1) is 15.2. The number of phenols is 1. The molecule has 1 unspecified atom stereocenters. The van der Waals surface area contributed by atoms with Crippen LogP contribution in [0.4, 0.5) is 10.3 Å². The van der Waals surface area contributed by atoms with Crippen LogP contribution in [0.25, 0.3) is 16.8 Å². The fraction of sp³-hybridized carbons (Fsp3) is 0.250. The lowest BCUT2D eigenvalue weighted by atomic mass is 10.1. The SMILES string of the molecule is Cc1cc(O)c(-c2nnc(NCC(C)O)n3cccc23)c(F)c1. The van der Waals surface area contributed by atoms with Crippen LogP contribution < -0.4 is 5.32 Å². The van der Waals surface area contributed by atoms with Crippen molar-refractivity contribution < 1.29 is 14.6 Å². The number of benzene rings is 1. The standard InChI is InChI=1S/C16H17FN4O2/c1-9-6-11(17)14(13(23)7-9)15-12-4-3-5-21(12)16(20-19-15)18-8-10(2)22/h3-7,10,22-23H,8H2,1-2H3,(H,18,20). The van der Waals surface area contributed by atoms with Crippen LogP contribution in [0, 0.1) is 12.7 Å². The van der Waals surface area contributed by atoms with Crippen molar-refractivity contribution in [3.8, 4) is 17.0 Å². The van der Waals surface area contributed by atoms with E-state index >= 15 is 0 Å². The van der Waals surface area contributed by atoms with Crippen molar-refractivity contribution in [2.24, 2.45) is 0 Å². The molecule has 0 bridgehead atoms. The van der Waals surface area contributed by atoms with E-state index in [1.54, 1.807) is 36.6 Å². The highest BCUT2D eigenvalue weighted by Crippen LogP contribution is 2.34. The average molecular weight is 316 g/mol. The summed E-state index contributed by atoms with van der Waals surface area (Å²) in [6.07, 6.45) is 1.21. The first-order valence-corrected chi connectivity index (χ1v) is 7.22. The number of fused-ring (bicyclic) bond motifs is 1. The molecular weight excluding hydrogens is 299 g/mol. The van der Waals surface area contributed by atoms with Crippen LogP contribution in [0.5, 0.6) is 5.75 Å². The highest BCUT2D eigenvalue weighted by Gasteiger charge is 2.18. The quantitative estimate of drug-likeness (QED) is 0.688. The fourth-order valence-electron chi connectivity index (χ4n) is 2.45. The minimum Gasteiger partial charge on any atom is -0.507 e. The third kappa shape index (κ3) is 2.83. The van der Waals surface area contributed by atoms with E-state index in [1.165, 1.54) is 12.1 Å². The molecule has 7 heteroatoms. The first-order chi connectivity index (χ1) is 11.0. The van der Waals surface area contributed by atoms with Gasteiger partial charge in [0.05, 0.1) is 17.2 Å². The minimum absolute atomic E-state index is 0.0221. The Labute approximate surface area is 132 Å². The highest BCUT2D eigenvalue weighted by atomic mass is 19.1. The lowest BCUT2D eigenvalue weighted by Gasteiger charge is -2.12. The summed E-state index contributed by atoms with van der Waals surface area (Å²) >= 11 is 0. The largest absolute Gasteiger partial charge is 0.507 e. The number of aliphatic hydroxyl groups excluding tert-OH is 1. The van der Waals surface area contributed by atoms with Crippen LogP contribution in [-0.4, -0.2) is 37.5 Å². The number of aryl methyl sites for hydroxylation is 1. The van der Waals surface area contributed by atoms with Crippen LogP contribution in [0.1, 0.15) is 12.5 Å². The third-order valence-electron chi connectivity index (χ3n) is 3.47. The molecule has 1 aromatic carbocycles. The van der Waals surface area contributed by atoms with Crippen molar-refractivity contribution in [2.75, 3.05) is 11.9 Å². The number of aliphatic hydroxyl groups is 1. The van der Waals surface area contributed by atoms with Gasteiger partial charge in [0.25, 0.3) is 0 Å². The number of nitrogens with zero attached hydrogens (tertiary/aromatic N) is 3. The molecule has 0 saturated heterocycles. The van der Waals surface area contributed by atoms with E-state index in [-0.39, 0.29) is 17.0 Å². The maximum Gasteiger partial charge on any atom is 0.227 e. The molecule has 2 aromatic heterocycles. The zero-order chi connectivity index (χ0) is 16.6. The predicted molar refractivity (Wildman–Crippen MR) is 85.0 cm³/mol. The summed E-state index contributed by atoms with van der Waals surface area (Å²) in [6.45, 7) is 3.67. The van der Waals surface area contributed by atoms with Gasteiger partial charge in [-0.15, -0.1) is 10.2 Å². The molecule has 0 aliphatic heterocycles. The Bertz CT molecular complexity index is 837. The Morgan fingerprint density at radius 2 is 2.13 bits per heavy atom. The number of aromatic nitrogens is 3. The second-order valence-corrected chi connectivity index (χ2v) is 5.51. The Morgan fingerprint density at radius 3 is 2.83 bits per heavy atom. The predicted octanol–water partition coefficient (Wildman–Crippen LogP) is 2.34. The number of halogens is 1. The van der Waals surface area contributed by atoms with E-state index in [0.29, 0.717) is 23.6 Å². The van der Waals surface area contributed by atoms with E-state index in [1.807, 2.05) is 0 Å². The van der Waals surface area contributed by atoms with Crippen LogP contribution in [0.3, 0.4) is 0 Å². The smallest absolute Gasteiger partial charge is 0.227 e. The van der Waals surface area contributed by atoms with Gasteiger partial charge in [-0.05, 0) is 43.7 Å². The summed E-state index contributed by atoms with van der Waals surface area (Å²) in [5, 5.41) is 30.5. The topological polar surface area (TPSA) is 82.7 Å². The Morgan fingerprint density at radius 1 is 1.35 bits per heavy atom. The second kappa shape index (κ2) is 5.85. The molecule has 0 aliphatic rings. The van der Waals surface area contributed by atoms with Crippen molar-refractivity contribution in [1.29, 1.82) is 0 Å². The summed E-state index contributed by atoms with van der Waals surface area (Å²) in [4.78, 5) is 0. The van der Waals surface area contributed by atoms with Gasteiger partial charge in [-0.1, -0.05) is 0 Å². The molecule has 2 heterocycles. The van der Waals surface area contributed by atoms with Crippen LogP contribution in [0.2, 0.25) is 0 Å². The highest BCUT2D eigenvalue weighted by molar-refractivity contribution is 5.81. The van der Waals surface area contributed by atoms with E-state index in [4.69, 9.17) is 0 Å². The van der Waals surface area contributed by atoms with Crippen molar-refractivity contribution in [3.05, 3.63) is 41.8 Å². The maximum absolute atomic E-state index is 14.3. The molecule has 3 N–H and O–H groups in total. The van der Waals surface area contributed by atoms with E-state index in [0.717, 1.165) is 0 Å². The van der Waals surface area contributed by atoms with Gasteiger partial charge in [-0.3, -0.25) is 4.40 Å². The molecule has 120 valence electrons. The third-order valence-corrected chi connectivity index (χ3v) is 3.47. The lowest BCUT2D eigenvalue weighted by Crippen LogP contribution is -2.18. The molecule has 0 amide bonds. The van der Waals surface area contributed by atoms with Gasteiger partial charge in [-0.25, -0.2) is 4.39 Å². The summed E-state index contributed by atoms with van der Waals surface area (Å²) in [7, 11) is 0. The summed E-state index contributed by atoms with van der Waals surface area (Å²) < 4.78 is 16.0. The van der Waals surface area contributed by atoms with E-state index in [2.05, 4.69) is 15.5 Å². The number of phenolic OH excluding ortho intramolecular Hbond substituents is 1. The van der Waals surface area contributed by atoms with Crippen LogP contribution >= 0.6 is 0 Å². The summed E-state index contributed by atoms with van der Waals surface area (Å²) in [5.74, 6) is -0.296. The molecule has 6 nitrogen and oxygen atoms in total. The minimum atomic E-state index is -0.551. The molecule has 3 rings (SSSR count). The normalized spacial score (nSPS) is 12.5. The van der Waals surface area contributed by atoms with Crippen molar-refractivity contribution in [1.82, 2.24) is 14.6 Å². The average Bonchev–Trinajstić information content (AvgIpc) is 2.94. The Kier molecular flexibility index (Phi) is 3.87. The molecular formula is C16H17FN4O2. The van der Waals surface area contributed by atoms with Gasteiger partial charge in [0.2, 0.25) is 5.95 Å². The molecule has 23 heavy (non-hydrogen) atoms. The lowest BCUT2D eigenvalue weighted by molar-refractivity contribution is 0.208. The maximum atomic E-state index is 14.3. The molecule has 0 spiro atoms. The Hall–Kier alpha value is -2.67. The molecule has 0 saturated carbocycles. The van der Waals surface area contributed by atoms with Crippen LogP contribution in [-0.2, 0) is 0 Å². The first-order valence-electron chi connectivity index (χ1n) is 7.22. The fourth-order valence-corrected chi connectivity index (χ4v) is 2.45. The molecule has 0 fully saturated rings. The van der Waals surface area contributed by atoms with Gasteiger partial charge in [0.15, 0.2) is 0 Å². The Balaban J connectivity index is 2.14. The van der Waals surface area contributed by atoms with Gasteiger partial charge in [-0.2, -0.15) is 0 Å². The molecule has 0 aliphatic carbocycles. The number of rotatable bonds is 4. The zero-order valence-electron chi connectivity index (χ0n) is 12.8. The molecule has 3 aromatic rings. The second-order valence-electron chi connectivity index (χ2n) is 5.51. The van der Waals surface area contributed by atoms with Gasteiger partial charge in [0, 0.05) is 12.7 Å². The number of nitrogens with one attached hydrogen (secondary N) is 1. The van der Waals surface area contributed by atoms with Crippen molar-refractivity contribution in [2.45, 2.75) is 20.0 Å². The molecule has 0 radical (unpaired) electrons. The van der Waals surface area contributed by atoms with Gasteiger partial charge >= 0.3 is 0 Å². The van der Waals surface area contributed by atoms with Gasteiger partial charge < -0.3 is 15.5 Å². The van der Waals surface area contributed by atoms with Gasteiger partial charge in [0.1, 0.15) is 17.3 Å². The van der Waals surface area contributed by atoms with Crippen LogP contribution in [0.15, 0.2) is 30.5 Å². The van der Waals surface area contributed by atoms with Crippen molar-refractivity contribution in [3.63, 3.8) is 0 Å². The number of anilines is 1. The number of hydrogen-bond acceptors (Lipinski definition) is 5. The number of hydrogen-bond donors (Lipinski definition) is 3. The van der Waals surface area contributed by atoms with Crippen molar-refractivity contribution >= 4 is 11.5 Å². The summed E-state index contributed by atoms with van der Waals surface area (Å²) in [5.41, 5.74) is 1.51. The molecule has 1 atom stereocenters. The number of aromatic hydroxyl groups is 1. The van der Waals surface area contributed by atoms with E-state index in [9.17, 15) is 14.6 Å².